The molecule has 0 bridgehead atoms. The fourth-order valence-electron chi connectivity index (χ4n) is 4.30. The van der Waals surface area contributed by atoms with Crippen molar-refractivity contribution in [3.05, 3.63) is 47.5 Å². The van der Waals surface area contributed by atoms with Crippen LogP contribution in [0.25, 0.3) is 0 Å². The average Bonchev–Trinajstić information content (AvgIpc) is 2.82. The maximum absolute atomic E-state index is 13.6. The van der Waals surface area contributed by atoms with Crippen LogP contribution in [0.2, 0.25) is 0 Å². The van der Waals surface area contributed by atoms with E-state index in [1.165, 1.54) is 21.3 Å². The number of ether oxygens (including phenoxy) is 3. The predicted octanol–water partition coefficient (Wildman–Crippen LogP) is 2.24. The fraction of sp³-hybridized carbons (Fsp3) is 0.391. The number of ketones is 1. The van der Waals surface area contributed by atoms with Crippen LogP contribution in [0.1, 0.15) is 28.3 Å². The predicted molar refractivity (Wildman–Crippen MR) is 116 cm³/mol. The Labute approximate surface area is 181 Å². The summed E-state index contributed by atoms with van der Waals surface area (Å²) in [5, 5.41) is 7.10. The Kier molecular flexibility index (Phi) is 6.11. The number of hydrazine groups is 1. The molecule has 31 heavy (non-hydrogen) atoms. The quantitative estimate of drug-likeness (QED) is 0.711. The number of anilines is 1. The second-order valence-electron chi connectivity index (χ2n) is 7.50. The molecule has 164 valence electrons. The molecule has 1 fully saturated rings. The molecule has 1 saturated heterocycles. The number of nitrogens with one attached hydrogen (secondary N) is 1. The number of methoxy groups -OCH3 is 3. The minimum atomic E-state index is -0.578. The average molecular weight is 425 g/mol. The van der Waals surface area contributed by atoms with Crippen molar-refractivity contribution in [3.63, 3.8) is 0 Å². The highest BCUT2D eigenvalue weighted by Crippen LogP contribution is 2.42. The van der Waals surface area contributed by atoms with E-state index in [1.54, 1.807) is 17.1 Å². The summed E-state index contributed by atoms with van der Waals surface area (Å²) in [5.74, 6) is 0.426. The highest BCUT2D eigenvalue weighted by molar-refractivity contribution is 6.09. The lowest BCUT2D eigenvalue weighted by Gasteiger charge is -2.42. The second kappa shape index (κ2) is 8.95. The number of carbonyl (C=O) groups is 2. The molecule has 4 rings (SSSR count). The minimum Gasteiger partial charge on any atom is -0.493 e. The smallest absolute Gasteiger partial charge is 0.242 e. The molecular formula is C23H27N3O5. The van der Waals surface area contributed by atoms with Crippen LogP contribution >= 0.6 is 0 Å². The normalized spacial score (nSPS) is 19.0. The third-order valence-corrected chi connectivity index (χ3v) is 5.80. The van der Waals surface area contributed by atoms with Gasteiger partial charge in [-0.3, -0.25) is 9.59 Å². The molecular weight excluding hydrogens is 398 g/mol. The Bertz CT molecular complexity index is 962. The zero-order chi connectivity index (χ0) is 22.0. The Morgan fingerprint density at radius 3 is 2.26 bits per heavy atom. The summed E-state index contributed by atoms with van der Waals surface area (Å²) in [6.45, 7) is 3.12. The van der Waals surface area contributed by atoms with E-state index in [9.17, 15) is 9.59 Å². The van der Waals surface area contributed by atoms with E-state index >= 15 is 0 Å². The van der Waals surface area contributed by atoms with Crippen molar-refractivity contribution in [3.8, 4) is 17.2 Å². The first-order valence-corrected chi connectivity index (χ1v) is 10.3. The van der Waals surface area contributed by atoms with Gasteiger partial charge in [0, 0.05) is 38.2 Å². The highest BCUT2D eigenvalue weighted by Gasteiger charge is 2.38. The molecule has 0 saturated carbocycles. The number of fused-ring (bicyclic) bond motifs is 1. The Morgan fingerprint density at radius 2 is 1.65 bits per heavy atom. The van der Waals surface area contributed by atoms with Crippen LogP contribution in [-0.4, -0.2) is 64.2 Å². The van der Waals surface area contributed by atoms with Gasteiger partial charge in [-0.25, -0.2) is 10.0 Å². The summed E-state index contributed by atoms with van der Waals surface area (Å²) in [7, 11) is 4.54. The van der Waals surface area contributed by atoms with Gasteiger partial charge in [0.05, 0.1) is 32.9 Å². The van der Waals surface area contributed by atoms with E-state index in [-0.39, 0.29) is 18.1 Å². The van der Waals surface area contributed by atoms with Gasteiger partial charge >= 0.3 is 0 Å². The molecule has 8 nitrogen and oxygen atoms in total. The first-order valence-electron chi connectivity index (χ1n) is 10.3. The molecule has 2 heterocycles. The van der Waals surface area contributed by atoms with E-state index in [1.807, 2.05) is 24.3 Å². The van der Waals surface area contributed by atoms with E-state index in [0.29, 0.717) is 22.8 Å². The van der Waals surface area contributed by atoms with Gasteiger partial charge in [-0.2, -0.15) is 0 Å². The molecule has 1 N–H and O–H groups in total. The number of piperazine rings is 1. The molecule has 1 unspecified atom stereocenters. The number of Topliss-reactive ketones (excluding diaryl/α,β-unsaturated/α-hetero) is 1. The van der Waals surface area contributed by atoms with Gasteiger partial charge in [-0.05, 0) is 23.8 Å². The summed E-state index contributed by atoms with van der Waals surface area (Å²) in [6.07, 6.45) is 0.108. The molecule has 2 aliphatic heterocycles. The maximum atomic E-state index is 13.6. The van der Waals surface area contributed by atoms with Crippen molar-refractivity contribution in [1.29, 1.82) is 0 Å². The van der Waals surface area contributed by atoms with Gasteiger partial charge in [0.15, 0.2) is 17.3 Å². The third-order valence-electron chi connectivity index (χ3n) is 5.80. The van der Waals surface area contributed by atoms with Crippen LogP contribution < -0.4 is 24.5 Å². The van der Waals surface area contributed by atoms with Gasteiger partial charge in [0.1, 0.15) is 0 Å². The van der Waals surface area contributed by atoms with Crippen LogP contribution in [0, 0.1) is 0 Å². The zero-order valence-electron chi connectivity index (χ0n) is 18.0. The number of nitrogens with zero attached hydrogens (tertiary/aromatic N) is 2. The lowest BCUT2D eigenvalue weighted by molar-refractivity contribution is -0.122. The number of rotatable bonds is 6. The number of amides is 1. The number of para-hydroxylation sites is 1. The van der Waals surface area contributed by atoms with Gasteiger partial charge in [-0.15, -0.1) is 0 Å². The molecule has 0 radical (unpaired) electrons. The van der Waals surface area contributed by atoms with Crippen molar-refractivity contribution in [2.75, 3.05) is 52.5 Å². The molecule has 2 aromatic carbocycles. The Morgan fingerprint density at radius 1 is 1.00 bits per heavy atom. The van der Waals surface area contributed by atoms with E-state index < -0.39 is 5.92 Å². The van der Waals surface area contributed by atoms with Crippen molar-refractivity contribution < 1.29 is 23.8 Å². The van der Waals surface area contributed by atoms with Gasteiger partial charge in [0.2, 0.25) is 11.7 Å². The van der Waals surface area contributed by atoms with Crippen LogP contribution in [0.15, 0.2) is 36.4 Å². The maximum Gasteiger partial charge on any atom is 0.242 e. The monoisotopic (exact) mass is 425 g/mol. The SMILES string of the molecule is COc1cc(C(=O)C2CC(=O)N(N3CCNCC3)c3ccccc32)cc(OC)c1OC. The topological polar surface area (TPSA) is 80.3 Å². The van der Waals surface area contributed by atoms with E-state index in [0.717, 1.165) is 37.4 Å². The lowest BCUT2D eigenvalue weighted by Crippen LogP contribution is -2.56. The van der Waals surface area contributed by atoms with Gasteiger partial charge in [-0.1, -0.05) is 18.2 Å². The number of hydrogen-bond donors (Lipinski definition) is 1. The molecule has 2 aromatic rings. The molecule has 0 aliphatic carbocycles. The van der Waals surface area contributed by atoms with E-state index in [2.05, 4.69) is 10.3 Å². The van der Waals surface area contributed by atoms with Crippen LogP contribution in [0.3, 0.4) is 0 Å². The summed E-state index contributed by atoms with van der Waals surface area (Å²) < 4.78 is 16.2. The van der Waals surface area contributed by atoms with E-state index in [4.69, 9.17) is 14.2 Å². The molecule has 1 atom stereocenters. The van der Waals surface area contributed by atoms with Gasteiger partial charge in [0.25, 0.3) is 0 Å². The van der Waals surface area contributed by atoms with Crippen LogP contribution in [0.5, 0.6) is 17.2 Å². The lowest BCUT2D eigenvalue weighted by atomic mass is 9.84. The number of hydrogen-bond acceptors (Lipinski definition) is 7. The third kappa shape index (κ3) is 3.84. The summed E-state index contributed by atoms with van der Waals surface area (Å²) in [5.41, 5.74) is 2.03. The van der Waals surface area contributed by atoms with Crippen molar-refractivity contribution in [2.24, 2.45) is 0 Å². The largest absolute Gasteiger partial charge is 0.493 e. The zero-order valence-corrected chi connectivity index (χ0v) is 18.0. The van der Waals surface area contributed by atoms with Crippen LogP contribution in [0.4, 0.5) is 5.69 Å². The number of benzene rings is 2. The standard InChI is InChI=1S/C23H27N3O5/c1-29-19-12-15(13-20(30-2)23(19)31-3)22(28)17-14-21(27)26(25-10-8-24-9-11-25)18-7-5-4-6-16(17)18/h4-7,12-13,17,24H,8-11,14H2,1-3H3. The summed E-state index contributed by atoms with van der Waals surface area (Å²) in [6, 6.07) is 10.9. The first kappa shape index (κ1) is 21.1. The minimum absolute atomic E-state index is 0.0774. The fourth-order valence-corrected chi connectivity index (χ4v) is 4.30. The molecule has 0 spiro atoms. The van der Waals surface area contributed by atoms with Crippen molar-refractivity contribution in [2.45, 2.75) is 12.3 Å². The molecule has 1 amide bonds. The Hall–Kier alpha value is -3.10. The van der Waals surface area contributed by atoms with Gasteiger partial charge < -0.3 is 19.5 Å². The highest BCUT2D eigenvalue weighted by atomic mass is 16.5. The summed E-state index contributed by atoms with van der Waals surface area (Å²) in [4.78, 5) is 26.8. The van der Waals surface area contributed by atoms with Crippen molar-refractivity contribution >= 4 is 17.4 Å². The molecule has 0 aromatic heterocycles. The molecule has 8 heteroatoms. The van der Waals surface area contributed by atoms with Crippen molar-refractivity contribution in [1.82, 2.24) is 10.3 Å². The van der Waals surface area contributed by atoms with Crippen LogP contribution in [-0.2, 0) is 4.79 Å². The first-order chi connectivity index (χ1) is 15.1. The second-order valence-corrected chi connectivity index (χ2v) is 7.50. The Balaban J connectivity index is 1.73. The molecule has 2 aliphatic rings. The number of carbonyl (C=O) groups excluding carboxylic acids is 2. The summed E-state index contributed by atoms with van der Waals surface area (Å²) >= 11 is 0.